The van der Waals surface area contributed by atoms with E-state index in [2.05, 4.69) is 163 Å². The Morgan fingerprint density at radius 1 is 0.435 bits per heavy atom. The number of pyridine rings is 1. The molecule has 0 aliphatic rings. The largest absolute Gasteiger partial charge is 0.454 e. The Hall–Kier alpha value is -6.19. The van der Waals surface area contributed by atoms with Gasteiger partial charge in [0.05, 0.1) is 11.9 Å². The van der Waals surface area contributed by atoms with Crippen molar-refractivity contribution in [3.05, 3.63) is 170 Å². The number of hydrogen-bond donors (Lipinski definition) is 0. The van der Waals surface area contributed by atoms with Crippen molar-refractivity contribution in [2.45, 2.75) is 0 Å². The Morgan fingerprint density at radius 2 is 1.09 bits per heavy atom. The molecular weight excluding hydrogens is 560 g/mol. The van der Waals surface area contributed by atoms with E-state index in [9.17, 15) is 0 Å². The predicted molar refractivity (Wildman–Crippen MR) is 192 cm³/mol. The maximum Gasteiger partial charge on any atom is 0.162 e. The average Bonchev–Trinajstić information content (AvgIpc) is 3.49. The summed E-state index contributed by atoms with van der Waals surface area (Å²) in [6.45, 7) is 0. The number of nitrogens with zero attached hydrogens (tertiary/aromatic N) is 2. The first-order chi connectivity index (χ1) is 22.8. The molecule has 9 aromatic rings. The number of fused-ring (bicyclic) bond motifs is 5. The predicted octanol–water partition coefficient (Wildman–Crippen LogP) is 12.1. The van der Waals surface area contributed by atoms with Gasteiger partial charge in [0.15, 0.2) is 5.58 Å². The molecule has 2 heterocycles. The Bertz CT molecular complexity index is 2530. The lowest BCUT2D eigenvalue weighted by molar-refractivity contribution is 0.669. The highest BCUT2D eigenvalue weighted by atomic mass is 16.3. The van der Waals surface area contributed by atoms with E-state index in [1.54, 1.807) is 0 Å². The maximum absolute atomic E-state index is 6.72. The van der Waals surface area contributed by atoms with Crippen LogP contribution in [-0.2, 0) is 0 Å². The van der Waals surface area contributed by atoms with E-state index in [0.29, 0.717) is 0 Å². The Kier molecular flexibility index (Phi) is 6.14. The first-order valence-electron chi connectivity index (χ1n) is 15.5. The van der Waals surface area contributed by atoms with E-state index in [0.717, 1.165) is 55.5 Å². The molecule has 0 spiro atoms. The van der Waals surface area contributed by atoms with E-state index in [1.165, 1.54) is 27.3 Å². The second-order valence-electron chi connectivity index (χ2n) is 11.6. The molecule has 7 aromatic carbocycles. The van der Waals surface area contributed by atoms with Gasteiger partial charge >= 0.3 is 0 Å². The number of aromatic nitrogens is 1. The second-order valence-corrected chi connectivity index (χ2v) is 11.6. The van der Waals surface area contributed by atoms with Crippen LogP contribution in [0, 0.1) is 0 Å². The topological polar surface area (TPSA) is 29.3 Å². The van der Waals surface area contributed by atoms with Gasteiger partial charge in [-0.1, -0.05) is 127 Å². The highest BCUT2D eigenvalue weighted by Crippen LogP contribution is 2.45. The van der Waals surface area contributed by atoms with Crippen LogP contribution >= 0.6 is 0 Å². The van der Waals surface area contributed by atoms with E-state index in [1.807, 2.05) is 12.4 Å². The van der Waals surface area contributed by atoms with Crippen LogP contribution in [0.25, 0.3) is 65.7 Å². The summed E-state index contributed by atoms with van der Waals surface area (Å²) in [7, 11) is 0. The standard InChI is InChI=1S/C43H28N2O/c1-2-11-30(12-3-1)37-18-8-9-20-40(37)45(34-23-21-31(22-24-34)36-19-10-16-29-13-6-7-17-35(29)36)41-28-44-27-39-38-25-32-14-4-5-15-33(32)26-42(38)46-43(39)41/h1-28H. The Balaban J connectivity index is 1.27. The molecule has 0 unspecified atom stereocenters. The molecule has 3 nitrogen and oxygen atoms in total. The van der Waals surface area contributed by atoms with E-state index >= 15 is 0 Å². The third-order valence-electron chi connectivity index (χ3n) is 8.92. The number of benzene rings is 7. The molecule has 0 amide bonds. The van der Waals surface area contributed by atoms with E-state index < -0.39 is 0 Å². The van der Waals surface area contributed by atoms with Crippen molar-refractivity contribution in [2.75, 3.05) is 4.90 Å². The number of hydrogen-bond acceptors (Lipinski definition) is 3. The summed E-state index contributed by atoms with van der Waals surface area (Å²) in [4.78, 5) is 7.07. The SMILES string of the molecule is c1ccc(-c2ccccc2N(c2ccc(-c3cccc4ccccc34)cc2)c2cncc3c2oc2cc4ccccc4cc23)cc1. The molecule has 3 heteroatoms. The zero-order valence-corrected chi connectivity index (χ0v) is 25.0. The summed E-state index contributed by atoms with van der Waals surface area (Å²) in [5.74, 6) is 0. The number of furan rings is 1. The minimum absolute atomic E-state index is 0.807. The van der Waals surface area contributed by atoms with Crippen molar-refractivity contribution >= 4 is 60.5 Å². The van der Waals surface area contributed by atoms with Crippen molar-refractivity contribution in [1.29, 1.82) is 0 Å². The van der Waals surface area contributed by atoms with Gasteiger partial charge in [0.2, 0.25) is 0 Å². The normalized spacial score (nSPS) is 11.5. The third-order valence-corrected chi connectivity index (χ3v) is 8.92. The van der Waals surface area contributed by atoms with Crippen LogP contribution in [0.1, 0.15) is 0 Å². The monoisotopic (exact) mass is 588 g/mol. The summed E-state index contributed by atoms with van der Waals surface area (Å²) in [6, 6.07) is 55.7. The van der Waals surface area contributed by atoms with Gasteiger partial charge in [0.1, 0.15) is 11.3 Å². The molecule has 0 atom stereocenters. The highest BCUT2D eigenvalue weighted by molar-refractivity contribution is 6.13. The molecule has 0 N–H and O–H groups in total. The summed E-state index contributed by atoms with van der Waals surface area (Å²) in [6.07, 6.45) is 3.84. The van der Waals surface area contributed by atoms with E-state index in [-0.39, 0.29) is 0 Å². The molecule has 0 fully saturated rings. The summed E-state index contributed by atoms with van der Waals surface area (Å²) in [5, 5.41) is 6.86. The van der Waals surface area contributed by atoms with Gasteiger partial charge in [0, 0.05) is 28.2 Å². The fraction of sp³-hybridized carbons (Fsp3) is 0. The molecule has 2 aromatic heterocycles. The smallest absolute Gasteiger partial charge is 0.162 e. The van der Waals surface area contributed by atoms with Gasteiger partial charge in [-0.3, -0.25) is 4.98 Å². The zero-order chi connectivity index (χ0) is 30.5. The van der Waals surface area contributed by atoms with Crippen LogP contribution in [0.3, 0.4) is 0 Å². The summed E-state index contributed by atoms with van der Waals surface area (Å²) in [5.41, 5.74) is 9.27. The summed E-state index contributed by atoms with van der Waals surface area (Å²) >= 11 is 0. The fourth-order valence-electron chi connectivity index (χ4n) is 6.73. The van der Waals surface area contributed by atoms with E-state index in [4.69, 9.17) is 9.40 Å². The minimum atomic E-state index is 0.807. The highest BCUT2D eigenvalue weighted by Gasteiger charge is 2.22. The van der Waals surface area contributed by atoms with Crippen molar-refractivity contribution in [1.82, 2.24) is 4.98 Å². The molecule has 0 aliphatic carbocycles. The Morgan fingerprint density at radius 3 is 1.93 bits per heavy atom. The van der Waals surface area contributed by atoms with Crippen LogP contribution in [0.15, 0.2) is 175 Å². The molecule has 0 bridgehead atoms. The van der Waals surface area contributed by atoms with Crippen LogP contribution in [-0.4, -0.2) is 4.98 Å². The maximum atomic E-state index is 6.72. The lowest BCUT2D eigenvalue weighted by atomic mass is 9.97. The lowest BCUT2D eigenvalue weighted by Gasteiger charge is -2.27. The lowest BCUT2D eigenvalue weighted by Crippen LogP contribution is -2.11. The molecule has 0 aliphatic heterocycles. The van der Waals surface area contributed by atoms with Crippen LogP contribution in [0.4, 0.5) is 17.1 Å². The first-order valence-corrected chi connectivity index (χ1v) is 15.5. The zero-order valence-electron chi connectivity index (χ0n) is 25.0. The third kappa shape index (κ3) is 4.33. The molecule has 0 radical (unpaired) electrons. The number of anilines is 3. The van der Waals surface area contributed by atoms with Crippen molar-refractivity contribution in [3.63, 3.8) is 0 Å². The minimum Gasteiger partial charge on any atom is -0.454 e. The molecule has 0 saturated carbocycles. The van der Waals surface area contributed by atoms with Crippen LogP contribution < -0.4 is 4.90 Å². The summed E-state index contributed by atoms with van der Waals surface area (Å²) < 4.78 is 6.72. The molecule has 9 rings (SSSR count). The fourth-order valence-corrected chi connectivity index (χ4v) is 6.73. The van der Waals surface area contributed by atoms with Gasteiger partial charge in [-0.2, -0.15) is 0 Å². The van der Waals surface area contributed by atoms with Crippen molar-refractivity contribution in [2.24, 2.45) is 0 Å². The first kappa shape index (κ1) is 26.2. The molecule has 216 valence electrons. The van der Waals surface area contributed by atoms with Gasteiger partial charge in [-0.05, 0) is 68.6 Å². The number of para-hydroxylation sites is 1. The van der Waals surface area contributed by atoms with Crippen LogP contribution in [0.2, 0.25) is 0 Å². The second kappa shape index (κ2) is 10.8. The van der Waals surface area contributed by atoms with Gasteiger partial charge in [-0.25, -0.2) is 0 Å². The molecule has 0 saturated heterocycles. The van der Waals surface area contributed by atoms with Gasteiger partial charge in [0.25, 0.3) is 0 Å². The quantitative estimate of drug-likeness (QED) is 0.200. The average molecular weight is 589 g/mol. The number of rotatable bonds is 5. The van der Waals surface area contributed by atoms with Crippen LogP contribution in [0.5, 0.6) is 0 Å². The van der Waals surface area contributed by atoms with Crippen molar-refractivity contribution in [3.8, 4) is 22.3 Å². The van der Waals surface area contributed by atoms with Gasteiger partial charge < -0.3 is 9.32 Å². The van der Waals surface area contributed by atoms with Gasteiger partial charge in [-0.15, -0.1) is 0 Å². The molecular formula is C43H28N2O. The van der Waals surface area contributed by atoms with Crippen molar-refractivity contribution < 1.29 is 4.42 Å². The molecule has 46 heavy (non-hydrogen) atoms. The Labute approximate surface area is 266 Å².